The van der Waals surface area contributed by atoms with E-state index in [2.05, 4.69) is 24.3 Å². The highest BCUT2D eigenvalue weighted by Gasteiger charge is 2.40. The fourth-order valence-electron chi connectivity index (χ4n) is 2.03. The minimum atomic E-state index is 0.321. The van der Waals surface area contributed by atoms with E-state index in [1.54, 1.807) is 6.92 Å². The Morgan fingerprint density at radius 3 is 2.73 bits per heavy atom. The molecule has 0 amide bonds. The highest BCUT2D eigenvalue weighted by Crippen LogP contribution is 2.44. The van der Waals surface area contributed by atoms with Crippen LogP contribution in [0.1, 0.15) is 13.3 Å². The van der Waals surface area contributed by atoms with Crippen LogP contribution in [-0.2, 0) is 4.79 Å². The second-order valence-corrected chi connectivity index (χ2v) is 3.46. The van der Waals surface area contributed by atoms with Crippen LogP contribution in [0.2, 0.25) is 0 Å². The van der Waals surface area contributed by atoms with Gasteiger partial charge in [0.15, 0.2) is 0 Å². The smallest absolute Gasteiger partial charge is 0.133 e. The molecule has 2 aliphatic carbocycles. The number of fused-ring (bicyclic) bond motifs is 1. The lowest BCUT2D eigenvalue weighted by atomic mass is 9.62. The molecule has 1 saturated carbocycles. The maximum Gasteiger partial charge on any atom is 0.133 e. The highest BCUT2D eigenvalue weighted by atomic mass is 16.1. The van der Waals surface area contributed by atoms with E-state index in [9.17, 15) is 4.79 Å². The van der Waals surface area contributed by atoms with Gasteiger partial charge in [-0.25, -0.2) is 0 Å². The lowest BCUT2D eigenvalue weighted by Crippen LogP contribution is -2.39. The molecule has 11 heavy (non-hydrogen) atoms. The fourth-order valence-corrected chi connectivity index (χ4v) is 2.03. The van der Waals surface area contributed by atoms with Crippen molar-refractivity contribution >= 4 is 5.78 Å². The summed E-state index contributed by atoms with van der Waals surface area (Å²) in [6.07, 6.45) is 9.58. The van der Waals surface area contributed by atoms with E-state index in [-0.39, 0.29) is 0 Å². The molecule has 0 N–H and O–H groups in total. The predicted octanol–water partition coefficient (Wildman–Crippen LogP) is 1.95. The Kier molecular flexibility index (Phi) is 1.45. The van der Waals surface area contributed by atoms with Crippen molar-refractivity contribution in [2.45, 2.75) is 13.3 Å². The van der Waals surface area contributed by atoms with Gasteiger partial charge in [-0.3, -0.25) is 4.79 Å². The van der Waals surface area contributed by atoms with E-state index >= 15 is 0 Å². The zero-order valence-corrected chi connectivity index (χ0v) is 6.66. The third kappa shape index (κ3) is 0.953. The first-order chi connectivity index (χ1) is 5.29. The van der Waals surface area contributed by atoms with Crippen LogP contribution in [0.5, 0.6) is 0 Å². The first kappa shape index (κ1) is 6.84. The highest BCUT2D eigenvalue weighted by molar-refractivity contribution is 5.80. The molecule has 0 unspecified atom stereocenters. The van der Waals surface area contributed by atoms with Crippen molar-refractivity contribution in [3.63, 3.8) is 0 Å². The summed E-state index contributed by atoms with van der Waals surface area (Å²) in [5.41, 5.74) is 0. The second kappa shape index (κ2) is 2.33. The van der Waals surface area contributed by atoms with Crippen LogP contribution in [0.25, 0.3) is 0 Å². The average molecular weight is 148 g/mol. The molecule has 1 nitrogen and oxygen atoms in total. The molecule has 58 valence electrons. The topological polar surface area (TPSA) is 17.1 Å². The SMILES string of the molecule is CC(=O)[C@H]1C[C@@H]2C=CC=C[C@H]12. The fraction of sp³-hybridized carbons (Fsp3) is 0.500. The van der Waals surface area contributed by atoms with Gasteiger partial charge in [-0.15, -0.1) is 0 Å². The molecule has 1 fully saturated rings. The molecule has 1 heteroatoms. The molecule has 0 bridgehead atoms. The second-order valence-electron chi connectivity index (χ2n) is 3.46. The van der Waals surface area contributed by atoms with E-state index in [4.69, 9.17) is 0 Å². The Morgan fingerprint density at radius 2 is 2.09 bits per heavy atom. The molecular formula is C10H12O. The largest absolute Gasteiger partial charge is 0.300 e. The standard InChI is InChI=1S/C10H12O/c1-7(11)10-6-8-4-2-3-5-9(8)10/h2-5,8-10H,6H2,1H3/t8-,9-,10+/m0/s1. The molecular weight excluding hydrogens is 136 g/mol. The molecule has 0 aromatic carbocycles. The summed E-state index contributed by atoms with van der Waals surface area (Å²) in [7, 11) is 0. The number of carbonyl (C=O) groups excluding carboxylic acids is 1. The lowest BCUT2D eigenvalue weighted by Gasteiger charge is -2.41. The van der Waals surface area contributed by atoms with E-state index in [0.717, 1.165) is 6.42 Å². The molecule has 0 heterocycles. The van der Waals surface area contributed by atoms with Crippen molar-refractivity contribution in [2.24, 2.45) is 17.8 Å². The maximum absolute atomic E-state index is 11.0. The van der Waals surface area contributed by atoms with E-state index < -0.39 is 0 Å². The Hall–Kier alpha value is -0.850. The van der Waals surface area contributed by atoms with Crippen LogP contribution in [0.4, 0.5) is 0 Å². The van der Waals surface area contributed by atoms with Crippen LogP contribution in [-0.4, -0.2) is 5.78 Å². The molecule has 0 spiro atoms. The average Bonchev–Trinajstić information content (AvgIpc) is 1.90. The van der Waals surface area contributed by atoms with E-state index in [0.29, 0.717) is 23.5 Å². The van der Waals surface area contributed by atoms with Gasteiger partial charge in [0.1, 0.15) is 5.78 Å². The minimum Gasteiger partial charge on any atom is -0.300 e. The van der Waals surface area contributed by atoms with Crippen molar-refractivity contribution in [2.75, 3.05) is 0 Å². The van der Waals surface area contributed by atoms with Crippen LogP contribution < -0.4 is 0 Å². The van der Waals surface area contributed by atoms with Crippen molar-refractivity contribution in [1.82, 2.24) is 0 Å². The van der Waals surface area contributed by atoms with Gasteiger partial charge in [-0.05, 0) is 25.2 Å². The number of allylic oxidation sites excluding steroid dienone is 4. The van der Waals surface area contributed by atoms with Gasteiger partial charge in [0, 0.05) is 5.92 Å². The van der Waals surface area contributed by atoms with Crippen LogP contribution >= 0.6 is 0 Å². The predicted molar refractivity (Wildman–Crippen MR) is 44.0 cm³/mol. The van der Waals surface area contributed by atoms with Crippen LogP contribution in [0, 0.1) is 17.8 Å². The summed E-state index contributed by atoms with van der Waals surface area (Å²) >= 11 is 0. The van der Waals surface area contributed by atoms with Crippen molar-refractivity contribution < 1.29 is 4.79 Å². The first-order valence-electron chi connectivity index (χ1n) is 4.14. The van der Waals surface area contributed by atoms with Crippen LogP contribution in [0.3, 0.4) is 0 Å². The Balaban J connectivity index is 2.09. The molecule has 0 saturated heterocycles. The summed E-state index contributed by atoms with van der Waals surface area (Å²) in [5.74, 6) is 1.86. The monoisotopic (exact) mass is 148 g/mol. The van der Waals surface area contributed by atoms with Gasteiger partial charge in [0.25, 0.3) is 0 Å². The van der Waals surface area contributed by atoms with Gasteiger partial charge in [0.2, 0.25) is 0 Å². The zero-order chi connectivity index (χ0) is 7.84. The van der Waals surface area contributed by atoms with Gasteiger partial charge in [-0.2, -0.15) is 0 Å². The molecule has 2 aliphatic rings. The quantitative estimate of drug-likeness (QED) is 0.555. The number of carbonyl (C=O) groups is 1. The molecule has 0 aliphatic heterocycles. The normalized spacial score (nSPS) is 39.5. The first-order valence-corrected chi connectivity index (χ1v) is 4.14. The number of Topliss-reactive ketones (excluding diaryl/α,β-unsaturated/α-hetero) is 1. The van der Waals surface area contributed by atoms with Gasteiger partial charge in [0.05, 0.1) is 0 Å². The van der Waals surface area contributed by atoms with Gasteiger partial charge < -0.3 is 0 Å². The third-order valence-corrected chi connectivity index (χ3v) is 2.81. The summed E-state index contributed by atoms with van der Waals surface area (Å²) in [6.45, 7) is 1.70. The molecule has 0 aromatic heterocycles. The molecule has 3 atom stereocenters. The Labute approximate surface area is 66.8 Å². The summed E-state index contributed by atoms with van der Waals surface area (Å²) in [6, 6.07) is 0. The Bertz CT molecular complexity index is 237. The zero-order valence-electron chi connectivity index (χ0n) is 6.66. The molecule has 2 rings (SSSR count). The summed E-state index contributed by atoms with van der Waals surface area (Å²) in [4.78, 5) is 11.0. The Morgan fingerprint density at radius 1 is 1.36 bits per heavy atom. The van der Waals surface area contributed by atoms with Gasteiger partial charge in [-0.1, -0.05) is 24.3 Å². The van der Waals surface area contributed by atoms with E-state index in [1.165, 1.54) is 0 Å². The number of hydrogen-bond donors (Lipinski definition) is 0. The number of rotatable bonds is 1. The van der Waals surface area contributed by atoms with Crippen LogP contribution in [0.15, 0.2) is 24.3 Å². The number of ketones is 1. The summed E-state index contributed by atoms with van der Waals surface area (Å²) < 4.78 is 0. The molecule has 0 aromatic rings. The van der Waals surface area contributed by atoms with Gasteiger partial charge >= 0.3 is 0 Å². The molecule has 0 radical (unpaired) electrons. The van der Waals surface area contributed by atoms with Crippen molar-refractivity contribution in [3.8, 4) is 0 Å². The van der Waals surface area contributed by atoms with Crippen molar-refractivity contribution in [3.05, 3.63) is 24.3 Å². The maximum atomic E-state index is 11.0. The lowest BCUT2D eigenvalue weighted by molar-refractivity contribution is -0.126. The third-order valence-electron chi connectivity index (χ3n) is 2.81. The van der Waals surface area contributed by atoms with E-state index in [1.807, 2.05) is 0 Å². The summed E-state index contributed by atoms with van der Waals surface area (Å²) in [5, 5.41) is 0. The minimum absolute atomic E-state index is 0.321. The van der Waals surface area contributed by atoms with Crippen molar-refractivity contribution in [1.29, 1.82) is 0 Å². The number of hydrogen-bond acceptors (Lipinski definition) is 1.